The molecule has 3 aliphatic rings. The zero-order chi connectivity index (χ0) is 39.6. The van der Waals surface area contributed by atoms with E-state index in [2.05, 4.69) is 194 Å². The van der Waals surface area contributed by atoms with Gasteiger partial charge in [0.1, 0.15) is 0 Å². The first-order valence-corrected chi connectivity index (χ1v) is 22.3. The molecule has 0 saturated carbocycles. The summed E-state index contributed by atoms with van der Waals surface area (Å²) >= 11 is 3.73. The van der Waals surface area contributed by atoms with Gasteiger partial charge < -0.3 is 0 Å². The molecule has 0 fully saturated rings. The SMILES string of the molecule is C1=CC2Sc3c(-c4nc(C5=C(c6cccc7ccccc67)C(c6ccccc6)CC(c6ccccc6)=C5)nc(-c5cccc6c5sc5ccccc56)n4)cccc3C2C=C1. The maximum Gasteiger partial charge on any atom is 0.165 e. The summed E-state index contributed by atoms with van der Waals surface area (Å²) in [6, 6.07) is 59.2. The van der Waals surface area contributed by atoms with E-state index in [-0.39, 0.29) is 5.92 Å². The predicted molar refractivity (Wildman–Crippen MR) is 253 cm³/mol. The van der Waals surface area contributed by atoms with Crippen molar-refractivity contribution in [3.05, 3.63) is 222 Å². The molecule has 0 amide bonds. The number of hydrogen-bond donors (Lipinski definition) is 0. The molecule has 3 heterocycles. The zero-order valence-corrected chi connectivity index (χ0v) is 34.2. The summed E-state index contributed by atoms with van der Waals surface area (Å²) in [4.78, 5) is 17.9. The highest BCUT2D eigenvalue weighted by Gasteiger charge is 2.35. The molecule has 0 N–H and O–H groups in total. The summed E-state index contributed by atoms with van der Waals surface area (Å²) in [6.07, 6.45) is 12.2. The highest BCUT2D eigenvalue weighted by Crippen LogP contribution is 2.53. The van der Waals surface area contributed by atoms with Crippen LogP contribution >= 0.6 is 23.1 Å². The molecule has 3 unspecified atom stereocenters. The van der Waals surface area contributed by atoms with Crippen LogP contribution in [0.4, 0.5) is 0 Å². The molecule has 12 rings (SSSR count). The van der Waals surface area contributed by atoms with Crippen molar-refractivity contribution in [1.82, 2.24) is 15.0 Å². The lowest BCUT2D eigenvalue weighted by Gasteiger charge is -2.30. The Hall–Kier alpha value is -6.66. The van der Waals surface area contributed by atoms with Crippen molar-refractivity contribution in [3.8, 4) is 22.8 Å². The molecule has 2 aliphatic carbocycles. The van der Waals surface area contributed by atoms with Crippen LogP contribution in [-0.2, 0) is 0 Å². The molecule has 0 radical (unpaired) electrons. The van der Waals surface area contributed by atoms with Crippen molar-refractivity contribution in [1.29, 1.82) is 0 Å². The summed E-state index contributed by atoms with van der Waals surface area (Å²) in [6.45, 7) is 0. The Labute approximate surface area is 357 Å². The fraction of sp³-hybridized carbons (Fsp3) is 0.0727. The quantitative estimate of drug-likeness (QED) is 0.168. The van der Waals surface area contributed by atoms with Crippen LogP contribution < -0.4 is 0 Å². The van der Waals surface area contributed by atoms with Crippen LogP contribution in [0, 0.1) is 0 Å². The van der Waals surface area contributed by atoms with Crippen molar-refractivity contribution >= 4 is 70.8 Å². The smallest absolute Gasteiger partial charge is 0.165 e. The lowest BCUT2D eigenvalue weighted by molar-refractivity contribution is 0.880. The molecule has 3 nitrogen and oxygen atoms in total. The maximum atomic E-state index is 5.61. The highest BCUT2D eigenvalue weighted by molar-refractivity contribution is 8.00. The summed E-state index contributed by atoms with van der Waals surface area (Å²) in [5.41, 5.74) is 10.6. The van der Waals surface area contributed by atoms with Gasteiger partial charge in [-0.05, 0) is 68.8 Å². The lowest BCUT2D eigenvalue weighted by Crippen LogP contribution is -2.13. The maximum absolute atomic E-state index is 5.61. The molecule has 1 aliphatic heterocycles. The molecule has 5 heteroatoms. The van der Waals surface area contributed by atoms with Gasteiger partial charge in [-0.25, -0.2) is 15.0 Å². The van der Waals surface area contributed by atoms with Crippen LogP contribution in [0.3, 0.4) is 0 Å². The van der Waals surface area contributed by atoms with Crippen LogP contribution in [-0.4, -0.2) is 20.2 Å². The topological polar surface area (TPSA) is 38.7 Å². The van der Waals surface area contributed by atoms with Gasteiger partial charge in [0.05, 0.1) is 0 Å². The third kappa shape index (κ3) is 5.91. The number of rotatable bonds is 6. The molecule has 284 valence electrons. The minimum atomic E-state index is 0.0418. The third-order valence-electron chi connectivity index (χ3n) is 12.3. The largest absolute Gasteiger partial charge is 0.208 e. The Kier molecular flexibility index (Phi) is 8.57. The van der Waals surface area contributed by atoms with Gasteiger partial charge >= 0.3 is 0 Å². The van der Waals surface area contributed by atoms with E-state index in [1.807, 2.05) is 23.1 Å². The van der Waals surface area contributed by atoms with Crippen LogP contribution in [0.2, 0.25) is 0 Å². The summed E-state index contributed by atoms with van der Waals surface area (Å²) in [7, 11) is 0. The molecule has 3 atom stereocenters. The summed E-state index contributed by atoms with van der Waals surface area (Å²) in [5, 5.41) is 5.25. The van der Waals surface area contributed by atoms with Gasteiger partial charge in [0.25, 0.3) is 0 Å². The van der Waals surface area contributed by atoms with Gasteiger partial charge in [-0.3, -0.25) is 0 Å². The number of aromatic nitrogens is 3. The van der Waals surface area contributed by atoms with Crippen LogP contribution in [0.5, 0.6) is 0 Å². The van der Waals surface area contributed by atoms with E-state index >= 15 is 0 Å². The van der Waals surface area contributed by atoms with Crippen molar-refractivity contribution in [3.63, 3.8) is 0 Å². The summed E-state index contributed by atoms with van der Waals surface area (Å²) < 4.78 is 2.44. The van der Waals surface area contributed by atoms with Crippen molar-refractivity contribution in [2.24, 2.45) is 0 Å². The first-order valence-electron chi connectivity index (χ1n) is 20.6. The van der Waals surface area contributed by atoms with Crippen LogP contribution in [0.25, 0.3) is 70.4 Å². The minimum Gasteiger partial charge on any atom is -0.208 e. The number of nitrogens with zero attached hydrogens (tertiary/aromatic N) is 3. The Morgan fingerprint density at radius 1 is 0.517 bits per heavy atom. The number of allylic oxidation sites excluding steroid dienone is 7. The second-order valence-corrected chi connectivity index (χ2v) is 18.0. The second-order valence-electron chi connectivity index (χ2n) is 15.7. The van der Waals surface area contributed by atoms with Gasteiger partial charge in [-0.2, -0.15) is 0 Å². The van der Waals surface area contributed by atoms with Crippen LogP contribution in [0.1, 0.15) is 46.3 Å². The second kappa shape index (κ2) is 14.6. The van der Waals surface area contributed by atoms with Crippen molar-refractivity contribution < 1.29 is 0 Å². The van der Waals surface area contributed by atoms with E-state index in [9.17, 15) is 0 Å². The Bertz CT molecular complexity index is 3280. The minimum absolute atomic E-state index is 0.0418. The highest BCUT2D eigenvalue weighted by atomic mass is 32.2. The number of fused-ring (bicyclic) bond motifs is 7. The van der Waals surface area contributed by atoms with E-state index in [4.69, 9.17) is 15.0 Å². The average Bonchev–Trinajstić information content (AvgIpc) is 3.90. The van der Waals surface area contributed by atoms with Crippen molar-refractivity contribution in [2.45, 2.75) is 28.4 Å². The first kappa shape index (κ1) is 35.3. The lowest BCUT2D eigenvalue weighted by atomic mass is 9.74. The molecular weight excluding hydrogens is 767 g/mol. The summed E-state index contributed by atoms with van der Waals surface area (Å²) in [5.74, 6) is 2.43. The molecule has 0 saturated heterocycles. The third-order valence-corrected chi connectivity index (χ3v) is 14.9. The van der Waals surface area contributed by atoms with Gasteiger partial charge in [-0.1, -0.05) is 176 Å². The van der Waals surface area contributed by atoms with Gasteiger partial charge in [0, 0.05) is 58.9 Å². The standard InChI is InChI=1S/C55H37N3S2/c1-3-16-34(17-4-1)37-32-46(36-18-5-2-6-19-36)50(41-25-13-21-35-20-7-8-22-38(35)41)47(33-37)55-57-53(44-28-14-26-42-39-23-9-11-30-48(39)59-51(42)44)56-54(58-55)45-29-15-27-43-40-24-10-12-31-49(40)60-52(43)45/h1-31,33,39,46,48H,32H2. The molecular formula is C55H37N3S2. The molecule has 0 spiro atoms. The monoisotopic (exact) mass is 803 g/mol. The van der Waals surface area contributed by atoms with Crippen LogP contribution in [0.15, 0.2) is 199 Å². The normalized spacial score (nSPS) is 18.3. The molecule has 7 aromatic carbocycles. The molecule has 9 aromatic rings. The van der Waals surface area contributed by atoms with Crippen molar-refractivity contribution in [2.75, 3.05) is 0 Å². The molecule has 60 heavy (non-hydrogen) atoms. The average molecular weight is 804 g/mol. The fourth-order valence-corrected chi connectivity index (χ4v) is 12.2. The van der Waals surface area contributed by atoms with Gasteiger partial charge in [0.2, 0.25) is 0 Å². The van der Waals surface area contributed by atoms with E-state index in [1.54, 1.807) is 0 Å². The van der Waals surface area contributed by atoms with E-state index in [0.29, 0.717) is 28.6 Å². The van der Waals surface area contributed by atoms with E-state index in [1.165, 1.54) is 69.2 Å². The predicted octanol–water partition coefficient (Wildman–Crippen LogP) is 14.6. The zero-order valence-electron chi connectivity index (χ0n) is 32.6. The van der Waals surface area contributed by atoms with E-state index < -0.39 is 0 Å². The number of benzene rings is 7. The Morgan fingerprint density at radius 3 is 2.05 bits per heavy atom. The molecule has 0 bridgehead atoms. The van der Waals surface area contributed by atoms with E-state index in [0.717, 1.165) is 23.1 Å². The Balaban J connectivity index is 1.19. The van der Waals surface area contributed by atoms with Gasteiger partial charge in [0.15, 0.2) is 17.5 Å². The molecule has 2 aromatic heterocycles. The van der Waals surface area contributed by atoms with Gasteiger partial charge in [-0.15, -0.1) is 23.1 Å². The first-order chi connectivity index (χ1) is 29.7. The fourth-order valence-electron chi connectivity index (χ4n) is 9.52. The number of thioether (sulfide) groups is 1. The number of thiophene rings is 1. The Morgan fingerprint density at radius 2 is 1.17 bits per heavy atom. The number of hydrogen-bond acceptors (Lipinski definition) is 5.